The van der Waals surface area contributed by atoms with Crippen LogP contribution in [0.5, 0.6) is 0 Å². The Hall–Kier alpha value is -4.81. The fourth-order valence-electron chi connectivity index (χ4n) is 8.00. The van der Waals surface area contributed by atoms with E-state index in [1.54, 1.807) is 12.1 Å². The molecule has 0 spiro atoms. The highest BCUT2D eigenvalue weighted by Crippen LogP contribution is 2.35. The number of ether oxygens (including phenoxy) is 1. The van der Waals surface area contributed by atoms with Gasteiger partial charge in [-0.1, -0.05) is 42.8 Å². The molecule has 12 heteroatoms. The number of halogens is 1. The molecule has 7 rings (SSSR count). The van der Waals surface area contributed by atoms with Crippen LogP contribution in [0.15, 0.2) is 66.9 Å². The lowest BCUT2D eigenvalue weighted by molar-refractivity contribution is 0.0729. The Morgan fingerprint density at radius 1 is 1.04 bits per heavy atom. The largest absolute Gasteiger partial charge is 0.381 e. The second-order valence-electron chi connectivity index (χ2n) is 15.1. The summed E-state index contributed by atoms with van der Waals surface area (Å²) >= 11 is 6.93. The Labute approximate surface area is 334 Å². The lowest BCUT2D eigenvalue weighted by Gasteiger charge is -2.34. The summed E-state index contributed by atoms with van der Waals surface area (Å²) in [6.45, 7) is 14.7. The van der Waals surface area contributed by atoms with Crippen LogP contribution in [-0.4, -0.2) is 81.3 Å². The first-order chi connectivity index (χ1) is 27.1. The van der Waals surface area contributed by atoms with Crippen LogP contribution in [0.1, 0.15) is 82.3 Å². The maximum atomic E-state index is 14.8. The van der Waals surface area contributed by atoms with E-state index >= 15 is 0 Å². The number of benzene rings is 3. The summed E-state index contributed by atoms with van der Waals surface area (Å²) in [5.41, 5.74) is 14.9. The zero-order valence-electron chi connectivity index (χ0n) is 32.9. The molecule has 11 nitrogen and oxygen atoms in total. The highest BCUT2D eigenvalue weighted by molar-refractivity contribution is 6.33. The van der Waals surface area contributed by atoms with Gasteiger partial charge in [0.25, 0.3) is 5.91 Å². The number of rotatable bonds is 13. The quantitative estimate of drug-likeness (QED) is 0.117. The number of anilines is 1. The average molecular weight is 777 g/mol. The molecule has 3 aromatic carbocycles. The molecule has 0 saturated carbocycles. The second-order valence-corrected chi connectivity index (χ2v) is 15.6. The van der Waals surface area contributed by atoms with Crippen molar-refractivity contribution in [2.45, 2.75) is 85.2 Å². The minimum Gasteiger partial charge on any atom is -0.381 e. The van der Waals surface area contributed by atoms with E-state index in [4.69, 9.17) is 27.1 Å². The summed E-state index contributed by atoms with van der Waals surface area (Å²) in [5, 5.41) is 13.6. The topological polar surface area (TPSA) is 131 Å². The van der Waals surface area contributed by atoms with E-state index in [9.17, 15) is 9.59 Å². The Bertz CT molecular complexity index is 2210. The first-order valence-electron chi connectivity index (χ1n) is 19.9. The molecule has 56 heavy (non-hydrogen) atoms. The van der Waals surface area contributed by atoms with Crippen LogP contribution >= 0.6 is 11.6 Å². The summed E-state index contributed by atoms with van der Waals surface area (Å²) < 4.78 is 7.62. The van der Waals surface area contributed by atoms with E-state index in [-0.39, 0.29) is 25.0 Å². The number of pyridine rings is 1. The van der Waals surface area contributed by atoms with Gasteiger partial charge < -0.3 is 26.0 Å². The molecule has 4 N–H and O–H groups in total. The number of fused-ring (bicyclic) bond motifs is 1. The Kier molecular flexibility index (Phi) is 12.4. The third-order valence-electron chi connectivity index (χ3n) is 11.1. The number of nitrogens with zero attached hydrogens (tertiary/aromatic N) is 5. The van der Waals surface area contributed by atoms with E-state index in [0.29, 0.717) is 48.4 Å². The van der Waals surface area contributed by atoms with Crippen LogP contribution < -0.4 is 16.4 Å². The first kappa shape index (κ1) is 39.4. The predicted octanol–water partition coefficient (Wildman–Crippen LogP) is 6.97. The van der Waals surface area contributed by atoms with Gasteiger partial charge in [-0.3, -0.25) is 14.5 Å². The number of aromatic nitrogens is 3. The summed E-state index contributed by atoms with van der Waals surface area (Å²) in [5.74, 6) is -0.799. The van der Waals surface area contributed by atoms with Gasteiger partial charge in [0, 0.05) is 97.5 Å². The van der Waals surface area contributed by atoms with E-state index in [2.05, 4.69) is 71.7 Å². The maximum absolute atomic E-state index is 14.8. The molecule has 2 saturated heterocycles. The summed E-state index contributed by atoms with van der Waals surface area (Å²) in [7, 11) is 0. The molecule has 4 heterocycles. The van der Waals surface area contributed by atoms with Gasteiger partial charge in [-0.05, 0) is 98.7 Å². The van der Waals surface area contributed by atoms with Gasteiger partial charge in [0.15, 0.2) is 5.65 Å². The fourth-order valence-corrected chi connectivity index (χ4v) is 8.23. The first-order valence-corrected chi connectivity index (χ1v) is 20.2. The zero-order valence-corrected chi connectivity index (χ0v) is 33.7. The molecule has 0 unspecified atom stereocenters. The van der Waals surface area contributed by atoms with Crippen molar-refractivity contribution in [2.75, 3.05) is 38.2 Å². The molecule has 0 aliphatic carbocycles. The van der Waals surface area contributed by atoms with Crippen LogP contribution in [0.3, 0.4) is 0 Å². The predicted molar refractivity (Wildman–Crippen MR) is 223 cm³/mol. The molecule has 2 aliphatic heterocycles. The highest BCUT2D eigenvalue weighted by Gasteiger charge is 2.27. The van der Waals surface area contributed by atoms with Crippen LogP contribution in [0, 0.1) is 6.92 Å². The lowest BCUT2D eigenvalue weighted by atomic mass is 9.99. The van der Waals surface area contributed by atoms with Crippen LogP contribution in [-0.2, 0) is 37.3 Å². The molecular weight excluding hydrogens is 724 g/mol. The van der Waals surface area contributed by atoms with Crippen molar-refractivity contribution in [2.24, 2.45) is 5.73 Å². The maximum Gasteiger partial charge on any atom is 0.254 e. The molecule has 294 valence electrons. The number of primary amides is 1. The van der Waals surface area contributed by atoms with Crippen molar-refractivity contribution < 1.29 is 14.3 Å². The fraction of sp³-hybridized carbons (Fsp3) is 0.409. The number of hydrogen-bond donors (Lipinski definition) is 3. The van der Waals surface area contributed by atoms with Crippen LogP contribution in [0.2, 0.25) is 5.02 Å². The van der Waals surface area contributed by atoms with Crippen molar-refractivity contribution in [1.29, 1.82) is 0 Å². The number of aryl methyl sites for hydroxylation is 3. The van der Waals surface area contributed by atoms with E-state index in [1.807, 2.05) is 40.9 Å². The molecule has 2 amide bonds. The molecule has 0 radical (unpaired) electrons. The van der Waals surface area contributed by atoms with E-state index < -0.39 is 5.91 Å². The molecule has 2 aliphatic rings. The number of carbonyl (C=O) groups excluding carboxylic acids is 2. The SMILES string of the molecule is CCc1nc2c(cnn2CC)c(NC2CCOCC2)c1CN(Cc1ccc(Cl)c(-c2cccc(CN3CCNC[C@@H]3C)c2)c1)C(=O)c1cc(C)cc(C(N)=O)c1. The molecule has 0 bridgehead atoms. The third kappa shape index (κ3) is 8.76. The molecule has 5 aromatic rings. The standard InChI is InChI=1S/C44H53ClN8O3/c1-5-40-38(41(49-35-12-16-56-17-13-35)37-24-48-53(6-2)43(37)50-40)27-52(44(55)34-19-28(3)18-33(22-34)42(46)54)26-31-10-11-39(45)36(21-31)32-9-7-8-30(20-32)25-51-15-14-47-23-29(51)4/h7-11,18-22,24,29,35,47H,5-6,12-17,23,25-27H2,1-4H3,(H2,46,54)(H,49,50)/t29-/m0/s1. The van der Waals surface area contributed by atoms with Crippen molar-refractivity contribution >= 4 is 40.1 Å². The number of piperazine rings is 1. The number of nitrogens with one attached hydrogen (secondary N) is 2. The van der Waals surface area contributed by atoms with Gasteiger partial charge in [0.2, 0.25) is 5.91 Å². The Balaban J connectivity index is 1.29. The monoisotopic (exact) mass is 776 g/mol. The average Bonchev–Trinajstić information content (AvgIpc) is 3.62. The lowest BCUT2D eigenvalue weighted by Crippen LogP contribution is -2.49. The van der Waals surface area contributed by atoms with Gasteiger partial charge in [0.1, 0.15) is 0 Å². The van der Waals surface area contributed by atoms with Crippen molar-refractivity contribution in [3.8, 4) is 11.1 Å². The van der Waals surface area contributed by atoms with Gasteiger partial charge in [0.05, 0.1) is 23.8 Å². The second kappa shape index (κ2) is 17.5. The van der Waals surface area contributed by atoms with Gasteiger partial charge in [-0.2, -0.15) is 5.10 Å². The molecule has 2 aromatic heterocycles. The smallest absolute Gasteiger partial charge is 0.254 e. The zero-order chi connectivity index (χ0) is 39.3. The van der Waals surface area contributed by atoms with Crippen LogP contribution in [0.25, 0.3) is 22.2 Å². The summed E-state index contributed by atoms with van der Waals surface area (Å²) in [6, 6.07) is 20.3. The van der Waals surface area contributed by atoms with Gasteiger partial charge in [-0.15, -0.1) is 0 Å². The number of nitrogens with two attached hydrogens (primary N) is 1. The van der Waals surface area contributed by atoms with E-state index in [0.717, 1.165) is 89.3 Å². The van der Waals surface area contributed by atoms with Gasteiger partial charge in [-0.25, -0.2) is 9.67 Å². The van der Waals surface area contributed by atoms with E-state index in [1.165, 1.54) is 5.56 Å². The Morgan fingerprint density at radius 2 is 1.84 bits per heavy atom. The van der Waals surface area contributed by atoms with Crippen molar-refractivity contribution in [3.05, 3.63) is 111 Å². The van der Waals surface area contributed by atoms with Gasteiger partial charge >= 0.3 is 0 Å². The molecule has 2 fully saturated rings. The Morgan fingerprint density at radius 3 is 2.59 bits per heavy atom. The minimum atomic E-state index is -0.580. The summed E-state index contributed by atoms with van der Waals surface area (Å²) in [4.78, 5) is 36.7. The highest BCUT2D eigenvalue weighted by atomic mass is 35.5. The number of carbonyl (C=O) groups is 2. The van der Waals surface area contributed by atoms with Crippen molar-refractivity contribution in [3.63, 3.8) is 0 Å². The number of amides is 2. The van der Waals surface area contributed by atoms with Crippen molar-refractivity contribution in [1.82, 2.24) is 29.9 Å². The minimum absolute atomic E-state index is 0.200. The van der Waals surface area contributed by atoms with Crippen LogP contribution in [0.4, 0.5) is 5.69 Å². The third-order valence-corrected chi connectivity index (χ3v) is 11.4. The normalized spacial score (nSPS) is 16.6. The molecular formula is C44H53ClN8O3. The number of hydrogen-bond acceptors (Lipinski definition) is 8. The molecule has 1 atom stereocenters. The summed E-state index contributed by atoms with van der Waals surface area (Å²) in [6.07, 6.45) is 4.29.